The van der Waals surface area contributed by atoms with Crippen molar-refractivity contribution >= 4 is 33.3 Å². The van der Waals surface area contributed by atoms with Gasteiger partial charge < -0.3 is 10.1 Å². The van der Waals surface area contributed by atoms with Crippen LogP contribution in [0.1, 0.15) is 38.1 Å². The molecule has 0 saturated heterocycles. The van der Waals surface area contributed by atoms with Crippen LogP contribution in [0.3, 0.4) is 0 Å². The Morgan fingerprint density at radius 1 is 1.26 bits per heavy atom. The van der Waals surface area contributed by atoms with E-state index in [0.717, 1.165) is 12.3 Å². The molecule has 0 aliphatic heterocycles. The van der Waals surface area contributed by atoms with Gasteiger partial charge in [0.2, 0.25) is 0 Å². The number of hydrogen-bond donors (Lipinski definition) is 1. The molecule has 1 aromatic carbocycles. The van der Waals surface area contributed by atoms with E-state index in [-0.39, 0.29) is 15.5 Å². The van der Waals surface area contributed by atoms with Crippen molar-refractivity contribution in [2.75, 3.05) is 6.26 Å². The van der Waals surface area contributed by atoms with Gasteiger partial charge in [-0.3, -0.25) is 4.79 Å². The highest BCUT2D eigenvalue weighted by atomic mass is 35.5. The Kier molecular flexibility index (Phi) is 5.82. The Morgan fingerprint density at radius 3 is 2.30 bits per heavy atom. The van der Waals surface area contributed by atoms with Gasteiger partial charge >= 0.3 is 5.97 Å². The lowest BCUT2D eigenvalue weighted by atomic mass is 10.1. The van der Waals surface area contributed by atoms with Crippen LogP contribution in [-0.2, 0) is 19.4 Å². The van der Waals surface area contributed by atoms with Gasteiger partial charge in [0, 0.05) is 11.8 Å². The molecule has 23 heavy (non-hydrogen) atoms. The molecule has 1 amide bonds. The van der Waals surface area contributed by atoms with Crippen LogP contribution in [0.2, 0.25) is 5.02 Å². The third-order valence-electron chi connectivity index (χ3n) is 2.74. The van der Waals surface area contributed by atoms with E-state index in [1.54, 1.807) is 20.8 Å². The molecule has 0 fully saturated rings. The molecule has 1 rings (SSSR count). The Balaban J connectivity index is 2.96. The van der Waals surface area contributed by atoms with Gasteiger partial charge in [0.15, 0.2) is 15.9 Å². The quantitative estimate of drug-likeness (QED) is 0.830. The first kappa shape index (κ1) is 19.4. The maximum atomic E-state index is 12.1. The van der Waals surface area contributed by atoms with Crippen LogP contribution >= 0.6 is 11.6 Å². The third-order valence-corrected chi connectivity index (χ3v) is 4.18. The molecule has 0 aliphatic carbocycles. The monoisotopic (exact) mass is 361 g/mol. The van der Waals surface area contributed by atoms with Crippen LogP contribution in [0.25, 0.3) is 0 Å². The summed E-state index contributed by atoms with van der Waals surface area (Å²) in [6.07, 6.45) is -0.0234. The van der Waals surface area contributed by atoms with Gasteiger partial charge in [0.25, 0.3) is 5.91 Å². The van der Waals surface area contributed by atoms with Crippen molar-refractivity contribution in [3.8, 4) is 0 Å². The molecule has 0 unspecified atom stereocenters. The lowest BCUT2D eigenvalue weighted by Gasteiger charge is -2.23. The molecular formula is C15H20ClNO5S. The summed E-state index contributed by atoms with van der Waals surface area (Å²) in [6.45, 7) is 6.82. The number of benzene rings is 1. The number of esters is 1. The molecule has 128 valence electrons. The molecule has 1 atom stereocenters. The molecule has 0 bridgehead atoms. The van der Waals surface area contributed by atoms with Crippen molar-refractivity contribution < 1.29 is 22.7 Å². The van der Waals surface area contributed by atoms with Gasteiger partial charge in [0.05, 0.1) is 15.5 Å². The van der Waals surface area contributed by atoms with Gasteiger partial charge in [-0.2, -0.15) is 0 Å². The molecule has 6 nitrogen and oxygen atoms in total. The van der Waals surface area contributed by atoms with E-state index in [9.17, 15) is 18.0 Å². The van der Waals surface area contributed by atoms with E-state index in [0.29, 0.717) is 0 Å². The number of rotatable bonds is 4. The molecule has 0 radical (unpaired) electrons. The summed E-state index contributed by atoms with van der Waals surface area (Å²) in [7, 11) is -3.49. The number of halogens is 1. The van der Waals surface area contributed by atoms with E-state index in [4.69, 9.17) is 16.3 Å². The summed E-state index contributed by atoms with van der Waals surface area (Å²) in [6, 6.07) is 3.73. The molecule has 0 saturated carbocycles. The Labute approximate surface area is 141 Å². The van der Waals surface area contributed by atoms with Crippen molar-refractivity contribution in [3.63, 3.8) is 0 Å². The van der Waals surface area contributed by atoms with E-state index in [1.807, 2.05) is 0 Å². The second-order valence-electron chi connectivity index (χ2n) is 6.20. The summed E-state index contributed by atoms with van der Waals surface area (Å²) in [5.41, 5.74) is -0.573. The fraction of sp³-hybridized carbons (Fsp3) is 0.467. The molecule has 0 aromatic heterocycles. The summed E-state index contributed by atoms with van der Waals surface area (Å²) in [5.74, 6) is -1.32. The van der Waals surface area contributed by atoms with Crippen LogP contribution in [0.4, 0.5) is 0 Å². The number of nitrogens with one attached hydrogen (secondary N) is 1. The zero-order valence-corrected chi connectivity index (χ0v) is 15.2. The van der Waals surface area contributed by atoms with Crippen LogP contribution in [0.5, 0.6) is 0 Å². The second kappa shape index (κ2) is 6.88. The number of amides is 1. The number of sulfone groups is 1. The van der Waals surface area contributed by atoms with Gasteiger partial charge in [-0.25, -0.2) is 13.2 Å². The maximum Gasteiger partial charge on any atom is 0.340 e. The summed E-state index contributed by atoms with van der Waals surface area (Å²) >= 11 is 5.91. The first-order valence-electron chi connectivity index (χ1n) is 6.84. The summed E-state index contributed by atoms with van der Waals surface area (Å²) in [5, 5.41) is 2.73. The molecule has 1 N–H and O–H groups in total. The van der Waals surface area contributed by atoms with Crippen LogP contribution in [0, 0.1) is 0 Å². The fourth-order valence-electron chi connectivity index (χ4n) is 1.64. The van der Waals surface area contributed by atoms with Gasteiger partial charge in [0.1, 0.15) is 0 Å². The number of carbonyl (C=O) groups excluding carboxylic acids is 2. The summed E-state index contributed by atoms with van der Waals surface area (Å²) < 4.78 is 28.2. The van der Waals surface area contributed by atoms with E-state index in [1.165, 1.54) is 19.1 Å². The molecular weight excluding hydrogens is 342 g/mol. The van der Waals surface area contributed by atoms with Crippen molar-refractivity contribution in [1.82, 2.24) is 5.32 Å². The average Bonchev–Trinajstić information content (AvgIpc) is 2.35. The largest absolute Gasteiger partial charge is 0.449 e. The fourth-order valence-corrected chi connectivity index (χ4v) is 2.48. The zero-order valence-electron chi connectivity index (χ0n) is 13.6. The predicted molar refractivity (Wildman–Crippen MR) is 87.3 cm³/mol. The van der Waals surface area contributed by atoms with Gasteiger partial charge in [-0.05, 0) is 45.9 Å². The minimum absolute atomic E-state index is 0.0471. The lowest BCUT2D eigenvalue weighted by molar-refractivity contribution is -0.130. The third kappa shape index (κ3) is 5.84. The predicted octanol–water partition coefficient (Wildman–Crippen LogP) is 2.20. The average molecular weight is 362 g/mol. The zero-order chi connectivity index (χ0) is 18.0. The van der Waals surface area contributed by atoms with E-state index in [2.05, 4.69) is 5.32 Å². The van der Waals surface area contributed by atoms with Crippen molar-refractivity contribution in [3.05, 3.63) is 28.8 Å². The molecule has 0 spiro atoms. The standard InChI is InChI=1S/C15H20ClNO5S/c1-9(13(18)17-15(2,3)4)22-14(19)11-8-10(23(5,20)21)6-7-12(11)16/h6-9H,1-5H3,(H,17,18)/t9-/m1/s1. The maximum absolute atomic E-state index is 12.1. The minimum Gasteiger partial charge on any atom is -0.449 e. The Hall–Kier alpha value is -1.60. The highest BCUT2D eigenvalue weighted by Crippen LogP contribution is 2.22. The highest BCUT2D eigenvalue weighted by molar-refractivity contribution is 7.90. The second-order valence-corrected chi connectivity index (χ2v) is 8.62. The molecule has 1 aromatic rings. The number of ether oxygens (including phenoxy) is 1. The number of hydrogen-bond acceptors (Lipinski definition) is 5. The normalized spacial score (nSPS) is 13.3. The van der Waals surface area contributed by atoms with Gasteiger partial charge in [-0.15, -0.1) is 0 Å². The number of carbonyl (C=O) groups is 2. The van der Waals surface area contributed by atoms with Crippen LogP contribution in [0.15, 0.2) is 23.1 Å². The SMILES string of the molecule is C[C@@H](OC(=O)c1cc(S(C)(=O)=O)ccc1Cl)C(=O)NC(C)(C)C. The topological polar surface area (TPSA) is 89.5 Å². The summed E-state index contributed by atoms with van der Waals surface area (Å²) in [4.78, 5) is 24.0. The van der Waals surface area contributed by atoms with Crippen molar-refractivity contribution in [2.24, 2.45) is 0 Å². The Morgan fingerprint density at radius 2 is 1.83 bits per heavy atom. The molecule has 8 heteroatoms. The first-order chi connectivity index (χ1) is 10.3. The van der Waals surface area contributed by atoms with Crippen LogP contribution in [-0.4, -0.2) is 38.2 Å². The Bertz CT molecular complexity index is 722. The molecule has 0 heterocycles. The van der Waals surface area contributed by atoms with E-state index >= 15 is 0 Å². The smallest absolute Gasteiger partial charge is 0.340 e. The van der Waals surface area contributed by atoms with Crippen molar-refractivity contribution in [2.45, 2.75) is 44.2 Å². The van der Waals surface area contributed by atoms with Gasteiger partial charge in [-0.1, -0.05) is 11.6 Å². The van der Waals surface area contributed by atoms with Crippen LogP contribution < -0.4 is 5.32 Å². The van der Waals surface area contributed by atoms with Crippen molar-refractivity contribution in [1.29, 1.82) is 0 Å². The minimum atomic E-state index is -3.49. The lowest BCUT2D eigenvalue weighted by Crippen LogP contribution is -2.46. The van der Waals surface area contributed by atoms with E-state index < -0.39 is 33.4 Å². The first-order valence-corrected chi connectivity index (χ1v) is 9.11. The highest BCUT2D eigenvalue weighted by Gasteiger charge is 2.24. The molecule has 0 aliphatic rings.